The van der Waals surface area contributed by atoms with Crippen LogP contribution in [-0.4, -0.2) is 31.1 Å². The van der Waals surface area contributed by atoms with E-state index in [9.17, 15) is 0 Å². The second kappa shape index (κ2) is 4.77. The molecule has 1 radical (unpaired) electrons. The van der Waals surface area contributed by atoms with E-state index in [2.05, 4.69) is 42.3 Å². The van der Waals surface area contributed by atoms with E-state index in [1.165, 1.54) is 16.7 Å². The third-order valence-electron chi connectivity index (χ3n) is 3.17. The van der Waals surface area contributed by atoms with E-state index in [0.717, 1.165) is 32.7 Å². The van der Waals surface area contributed by atoms with Gasteiger partial charge in [0.25, 0.3) is 0 Å². The first kappa shape index (κ1) is 10.7. The number of hydrogen-bond acceptors (Lipinski definition) is 1. The van der Waals surface area contributed by atoms with Gasteiger partial charge in [0.15, 0.2) is 0 Å². The van der Waals surface area contributed by atoms with Crippen LogP contribution in [0.15, 0.2) is 18.2 Å². The van der Waals surface area contributed by atoms with Gasteiger partial charge < -0.3 is 0 Å². The highest BCUT2D eigenvalue weighted by molar-refractivity contribution is 5.33. The Morgan fingerprint density at radius 3 is 2.33 bits per heavy atom. The highest BCUT2D eigenvalue weighted by Crippen LogP contribution is 2.15. The smallest absolute Gasteiger partial charge is 0.0261 e. The molecule has 15 heavy (non-hydrogen) atoms. The fraction of sp³-hybridized carbons (Fsp3) is 0.538. The Bertz CT molecular complexity index is 307. The maximum absolute atomic E-state index is 4.37. The molecular formula is C13H19N2. The van der Waals surface area contributed by atoms with Crippen LogP contribution in [0.1, 0.15) is 16.7 Å². The summed E-state index contributed by atoms with van der Waals surface area (Å²) in [6, 6.07) is 6.55. The normalized spacial score (nSPS) is 18.0. The predicted molar refractivity (Wildman–Crippen MR) is 63.1 cm³/mol. The number of aryl methyl sites for hydroxylation is 2. The van der Waals surface area contributed by atoms with Crippen LogP contribution >= 0.6 is 0 Å². The summed E-state index contributed by atoms with van der Waals surface area (Å²) in [6.07, 6.45) is 0. The Labute approximate surface area is 92.3 Å². The van der Waals surface area contributed by atoms with Crippen molar-refractivity contribution >= 4 is 0 Å². The van der Waals surface area contributed by atoms with Gasteiger partial charge in [-0.2, -0.15) is 0 Å². The van der Waals surface area contributed by atoms with Gasteiger partial charge in [0.05, 0.1) is 0 Å². The topological polar surface area (TPSA) is 17.3 Å². The zero-order valence-electron chi connectivity index (χ0n) is 9.66. The summed E-state index contributed by atoms with van der Waals surface area (Å²) in [5, 5.41) is 4.37. The first-order chi connectivity index (χ1) is 7.27. The first-order valence-electron chi connectivity index (χ1n) is 5.68. The van der Waals surface area contributed by atoms with Gasteiger partial charge in [-0.05, 0) is 30.5 Å². The van der Waals surface area contributed by atoms with Crippen molar-refractivity contribution < 1.29 is 0 Å². The van der Waals surface area contributed by atoms with E-state index in [4.69, 9.17) is 0 Å². The number of benzene rings is 1. The quantitative estimate of drug-likeness (QED) is 0.715. The Kier molecular flexibility index (Phi) is 3.39. The van der Waals surface area contributed by atoms with Crippen LogP contribution < -0.4 is 5.32 Å². The first-order valence-corrected chi connectivity index (χ1v) is 5.68. The summed E-state index contributed by atoms with van der Waals surface area (Å²) in [6.45, 7) is 9.75. The molecule has 2 heteroatoms. The predicted octanol–water partition coefficient (Wildman–Crippen LogP) is 1.72. The van der Waals surface area contributed by atoms with Crippen molar-refractivity contribution in [2.24, 2.45) is 0 Å². The molecular weight excluding hydrogens is 184 g/mol. The van der Waals surface area contributed by atoms with E-state index in [1.807, 2.05) is 0 Å². The highest BCUT2D eigenvalue weighted by atomic mass is 15.2. The highest BCUT2D eigenvalue weighted by Gasteiger charge is 2.12. The van der Waals surface area contributed by atoms with E-state index in [1.54, 1.807) is 0 Å². The molecule has 1 aromatic rings. The molecule has 1 aliphatic heterocycles. The maximum atomic E-state index is 4.37. The zero-order chi connectivity index (χ0) is 10.7. The SMILES string of the molecule is Cc1cccc(C)c1CN1CC[N]CC1. The second-order valence-electron chi connectivity index (χ2n) is 4.32. The van der Waals surface area contributed by atoms with Crippen molar-refractivity contribution in [2.45, 2.75) is 20.4 Å². The summed E-state index contributed by atoms with van der Waals surface area (Å²) in [7, 11) is 0. The van der Waals surface area contributed by atoms with Gasteiger partial charge in [0, 0.05) is 32.7 Å². The van der Waals surface area contributed by atoms with Crippen molar-refractivity contribution in [2.75, 3.05) is 26.2 Å². The van der Waals surface area contributed by atoms with Crippen molar-refractivity contribution in [1.82, 2.24) is 10.2 Å². The fourth-order valence-electron chi connectivity index (χ4n) is 2.13. The minimum atomic E-state index is 1.00. The summed E-state index contributed by atoms with van der Waals surface area (Å²) in [4.78, 5) is 2.50. The van der Waals surface area contributed by atoms with Crippen LogP contribution in [0.5, 0.6) is 0 Å². The minimum absolute atomic E-state index is 1.00. The molecule has 0 spiro atoms. The molecule has 0 N–H and O–H groups in total. The lowest BCUT2D eigenvalue weighted by atomic mass is 10.0. The van der Waals surface area contributed by atoms with Crippen molar-refractivity contribution in [3.63, 3.8) is 0 Å². The van der Waals surface area contributed by atoms with E-state index >= 15 is 0 Å². The third kappa shape index (κ3) is 2.58. The van der Waals surface area contributed by atoms with E-state index in [0.29, 0.717) is 0 Å². The lowest BCUT2D eigenvalue weighted by molar-refractivity contribution is 0.230. The van der Waals surface area contributed by atoms with Gasteiger partial charge in [-0.15, -0.1) is 0 Å². The van der Waals surface area contributed by atoms with Crippen molar-refractivity contribution in [3.05, 3.63) is 34.9 Å². The second-order valence-corrected chi connectivity index (χ2v) is 4.32. The Morgan fingerprint density at radius 2 is 1.73 bits per heavy atom. The molecule has 1 saturated heterocycles. The van der Waals surface area contributed by atoms with Crippen LogP contribution in [-0.2, 0) is 6.54 Å². The third-order valence-corrected chi connectivity index (χ3v) is 3.17. The van der Waals surface area contributed by atoms with Gasteiger partial charge in [0.2, 0.25) is 0 Å². The van der Waals surface area contributed by atoms with Crippen LogP contribution in [0.3, 0.4) is 0 Å². The largest absolute Gasteiger partial charge is 0.296 e. The van der Waals surface area contributed by atoms with Crippen LogP contribution in [0.25, 0.3) is 0 Å². The number of nitrogens with zero attached hydrogens (tertiary/aromatic N) is 2. The summed E-state index contributed by atoms with van der Waals surface area (Å²) >= 11 is 0. The van der Waals surface area contributed by atoms with Gasteiger partial charge in [-0.25, -0.2) is 5.32 Å². The summed E-state index contributed by atoms with van der Waals surface area (Å²) in [5.41, 5.74) is 4.33. The maximum Gasteiger partial charge on any atom is 0.0261 e. The number of hydrogen-bond donors (Lipinski definition) is 0. The lowest BCUT2D eigenvalue weighted by Crippen LogP contribution is -2.39. The molecule has 2 rings (SSSR count). The molecule has 0 atom stereocenters. The Morgan fingerprint density at radius 1 is 1.13 bits per heavy atom. The van der Waals surface area contributed by atoms with E-state index in [-0.39, 0.29) is 0 Å². The minimum Gasteiger partial charge on any atom is -0.296 e. The molecule has 2 nitrogen and oxygen atoms in total. The van der Waals surface area contributed by atoms with Gasteiger partial charge in [-0.1, -0.05) is 18.2 Å². The van der Waals surface area contributed by atoms with Gasteiger partial charge in [0.1, 0.15) is 0 Å². The molecule has 0 aliphatic carbocycles. The molecule has 81 valence electrons. The molecule has 0 amide bonds. The molecule has 1 aliphatic rings. The summed E-state index contributed by atoms with van der Waals surface area (Å²) in [5.74, 6) is 0. The van der Waals surface area contributed by atoms with Crippen LogP contribution in [0.2, 0.25) is 0 Å². The van der Waals surface area contributed by atoms with Crippen molar-refractivity contribution in [1.29, 1.82) is 0 Å². The monoisotopic (exact) mass is 203 g/mol. The number of piperazine rings is 1. The molecule has 0 unspecified atom stereocenters. The van der Waals surface area contributed by atoms with Gasteiger partial charge in [-0.3, -0.25) is 4.90 Å². The standard InChI is InChI=1S/C13H19N2/c1-11-4-3-5-12(2)13(11)10-15-8-6-14-7-9-15/h3-5H,6-10H2,1-2H3. The lowest BCUT2D eigenvalue weighted by Gasteiger charge is -2.27. The average molecular weight is 203 g/mol. The Balaban J connectivity index is 2.09. The molecule has 0 bridgehead atoms. The van der Waals surface area contributed by atoms with Crippen molar-refractivity contribution in [3.8, 4) is 0 Å². The molecule has 0 saturated carbocycles. The zero-order valence-corrected chi connectivity index (χ0v) is 9.66. The summed E-state index contributed by atoms with van der Waals surface area (Å²) < 4.78 is 0. The number of rotatable bonds is 2. The van der Waals surface area contributed by atoms with Crippen LogP contribution in [0.4, 0.5) is 0 Å². The fourth-order valence-corrected chi connectivity index (χ4v) is 2.13. The van der Waals surface area contributed by atoms with Gasteiger partial charge >= 0.3 is 0 Å². The molecule has 1 aromatic carbocycles. The average Bonchev–Trinajstić information content (AvgIpc) is 2.25. The molecule has 0 aromatic heterocycles. The molecule has 1 fully saturated rings. The van der Waals surface area contributed by atoms with E-state index < -0.39 is 0 Å². The molecule has 1 heterocycles. The van der Waals surface area contributed by atoms with Crippen LogP contribution in [0, 0.1) is 13.8 Å². The Hall–Kier alpha value is -0.860.